The van der Waals surface area contributed by atoms with E-state index in [-0.39, 0.29) is 42.3 Å². The first-order chi connectivity index (χ1) is 14.8. The Balaban J connectivity index is 1.42. The van der Waals surface area contributed by atoms with Crippen molar-refractivity contribution in [3.63, 3.8) is 0 Å². The second-order valence-corrected chi connectivity index (χ2v) is 10.0. The molecule has 3 aliphatic rings. The van der Waals surface area contributed by atoms with Crippen LogP contribution in [-0.4, -0.2) is 67.1 Å². The van der Waals surface area contributed by atoms with E-state index in [9.17, 15) is 4.79 Å². The summed E-state index contributed by atoms with van der Waals surface area (Å²) in [6.07, 6.45) is 6.13. The monoisotopic (exact) mass is 432 g/mol. The van der Waals surface area contributed by atoms with E-state index in [1.54, 1.807) is 0 Å². The first-order valence-electron chi connectivity index (χ1n) is 11.5. The highest BCUT2D eigenvalue weighted by atomic mass is 16.5. The molecule has 1 aliphatic carbocycles. The highest BCUT2D eigenvalue weighted by molar-refractivity contribution is 5.77. The number of anilines is 1. The van der Waals surface area contributed by atoms with E-state index in [1.165, 1.54) is 0 Å². The predicted molar refractivity (Wildman–Crippen MR) is 117 cm³/mol. The lowest BCUT2D eigenvalue weighted by Crippen LogP contribution is -2.46. The first-order valence-corrected chi connectivity index (χ1v) is 11.5. The average molecular weight is 433 g/mol. The van der Waals surface area contributed by atoms with Crippen LogP contribution in [0.15, 0.2) is 6.20 Å². The van der Waals surface area contributed by atoms with Crippen LogP contribution in [-0.2, 0) is 25.4 Å². The third-order valence-electron chi connectivity index (χ3n) is 6.26. The van der Waals surface area contributed by atoms with Gasteiger partial charge in [0.15, 0.2) is 0 Å². The number of fused-ring (bicyclic) bond motifs is 1. The van der Waals surface area contributed by atoms with Crippen molar-refractivity contribution in [3.8, 4) is 0 Å². The molecule has 31 heavy (non-hydrogen) atoms. The Hall–Kier alpha value is -1.77. The highest BCUT2D eigenvalue weighted by Gasteiger charge is 2.35. The Kier molecular flexibility index (Phi) is 6.79. The molecule has 1 N–H and O–H groups in total. The van der Waals surface area contributed by atoms with Crippen LogP contribution in [0, 0.1) is 5.41 Å². The van der Waals surface area contributed by atoms with Gasteiger partial charge in [0.1, 0.15) is 6.61 Å². The van der Waals surface area contributed by atoms with E-state index >= 15 is 0 Å². The number of nitrogens with one attached hydrogen (secondary N) is 1. The topological polar surface area (TPSA) is 85.8 Å². The molecule has 172 valence electrons. The molecule has 0 aromatic carbocycles. The fraction of sp³-hybridized carbons (Fsp3) is 0.783. The summed E-state index contributed by atoms with van der Waals surface area (Å²) in [6, 6.07) is -0.103. The maximum atomic E-state index is 12.6. The molecule has 8 heteroatoms. The third-order valence-corrected chi connectivity index (χ3v) is 6.26. The molecule has 2 saturated heterocycles. The van der Waals surface area contributed by atoms with Gasteiger partial charge in [-0.25, -0.2) is 9.97 Å². The summed E-state index contributed by atoms with van der Waals surface area (Å²) >= 11 is 0. The normalized spacial score (nSPS) is 30.1. The zero-order valence-electron chi connectivity index (χ0n) is 19.2. The van der Waals surface area contributed by atoms with Crippen LogP contribution in [0.2, 0.25) is 0 Å². The molecule has 8 nitrogen and oxygen atoms in total. The Bertz CT molecular complexity index is 771. The predicted octanol–water partition coefficient (Wildman–Crippen LogP) is 2.42. The molecule has 0 saturated carbocycles. The van der Waals surface area contributed by atoms with Gasteiger partial charge in [0.2, 0.25) is 11.9 Å². The van der Waals surface area contributed by atoms with Crippen molar-refractivity contribution < 1.29 is 19.0 Å². The minimum atomic E-state index is -0.105. The van der Waals surface area contributed by atoms with Crippen LogP contribution in [0.25, 0.3) is 0 Å². The van der Waals surface area contributed by atoms with E-state index in [4.69, 9.17) is 19.2 Å². The van der Waals surface area contributed by atoms with Crippen molar-refractivity contribution in [2.24, 2.45) is 5.41 Å². The number of aromatic nitrogens is 2. The fourth-order valence-electron chi connectivity index (χ4n) is 4.95. The number of morpholine rings is 1. The minimum Gasteiger partial charge on any atom is -0.376 e. The highest BCUT2D eigenvalue weighted by Crippen LogP contribution is 2.40. The summed E-state index contributed by atoms with van der Waals surface area (Å²) < 4.78 is 17.0. The van der Waals surface area contributed by atoms with Crippen molar-refractivity contribution >= 4 is 11.9 Å². The number of amides is 1. The smallest absolute Gasteiger partial charge is 0.246 e. The van der Waals surface area contributed by atoms with E-state index in [0.717, 1.165) is 62.6 Å². The van der Waals surface area contributed by atoms with Gasteiger partial charge in [-0.2, -0.15) is 0 Å². The van der Waals surface area contributed by atoms with Crippen molar-refractivity contribution in [1.82, 2.24) is 15.3 Å². The fourth-order valence-corrected chi connectivity index (χ4v) is 4.95. The van der Waals surface area contributed by atoms with Gasteiger partial charge >= 0.3 is 0 Å². The van der Waals surface area contributed by atoms with Crippen molar-refractivity contribution in [3.05, 3.63) is 17.5 Å². The summed E-state index contributed by atoms with van der Waals surface area (Å²) in [5.74, 6) is 0.648. The van der Waals surface area contributed by atoms with Crippen LogP contribution >= 0.6 is 0 Å². The van der Waals surface area contributed by atoms with Gasteiger partial charge in [0, 0.05) is 31.5 Å². The Labute approximate surface area is 185 Å². The molecule has 0 unspecified atom stereocenters. The van der Waals surface area contributed by atoms with Gasteiger partial charge in [-0.3, -0.25) is 4.79 Å². The molecule has 4 rings (SSSR count). The average Bonchev–Trinajstić information content (AvgIpc) is 3.19. The lowest BCUT2D eigenvalue weighted by Gasteiger charge is -2.38. The first kappa shape index (κ1) is 22.4. The van der Waals surface area contributed by atoms with Crippen molar-refractivity contribution in [1.29, 1.82) is 0 Å². The largest absolute Gasteiger partial charge is 0.376 e. The van der Waals surface area contributed by atoms with Gasteiger partial charge < -0.3 is 24.4 Å². The zero-order valence-corrected chi connectivity index (χ0v) is 19.2. The summed E-state index contributed by atoms with van der Waals surface area (Å²) in [5.41, 5.74) is 2.09. The molecular formula is C23H36N4O4. The number of carbonyl (C=O) groups is 1. The maximum Gasteiger partial charge on any atom is 0.246 e. The van der Waals surface area contributed by atoms with E-state index in [1.807, 2.05) is 6.20 Å². The van der Waals surface area contributed by atoms with E-state index in [2.05, 4.69) is 42.9 Å². The third kappa shape index (κ3) is 5.73. The number of carbonyl (C=O) groups excluding carboxylic acids is 1. The van der Waals surface area contributed by atoms with Crippen LogP contribution in [0.1, 0.15) is 64.3 Å². The quantitative estimate of drug-likeness (QED) is 0.739. The number of hydrogen-bond acceptors (Lipinski definition) is 7. The van der Waals surface area contributed by atoms with Crippen LogP contribution in [0.5, 0.6) is 0 Å². The van der Waals surface area contributed by atoms with Gasteiger partial charge in [0.05, 0.1) is 36.7 Å². The number of hydrogen-bond donors (Lipinski definition) is 1. The SMILES string of the molecule is C[C@@H]1CN(c2ncc3c(n2)CC(C)(C)C[C@@H]3NC(=O)COC[C@H]2CCCO2)C[C@H](C)O1. The molecule has 1 aromatic rings. The number of ether oxygens (including phenoxy) is 3. The molecule has 0 bridgehead atoms. The van der Waals surface area contributed by atoms with Gasteiger partial charge in [-0.1, -0.05) is 13.8 Å². The second kappa shape index (κ2) is 9.38. The maximum absolute atomic E-state index is 12.6. The molecule has 3 heterocycles. The molecule has 2 aliphatic heterocycles. The minimum absolute atomic E-state index is 0.0424. The van der Waals surface area contributed by atoms with Gasteiger partial charge in [-0.05, 0) is 44.9 Å². The Morgan fingerprint density at radius 3 is 2.81 bits per heavy atom. The van der Waals surface area contributed by atoms with E-state index < -0.39 is 0 Å². The molecule has 4 atom stereocenters. The number of rotatable bonds is 6. The van der Waals surface area contributed by atoms with Crippen LogP contribution < -0.4 is 10.2 Å². The van der Waals surface area contributed by atoms with Crippen molar-refractivity contribution in [2.45, 2.75) is 77.7 Å². The Morgan fingerprint density at radius 1 is 1.32 bits per heavy atom. The summed E-state index contributed by atoms with van der Waals surface area (Å²) in [5, 5.41) is 3.15. The number of nitrogens with zero attached hydrogens (tertiary/aromatic N) is 3. The van der Waals surface area contributed by atoms with Gasteiger partial charge in [-0.15, -0.1) is 0 Å². The summed E-state index contributed by atoms with van der Waals surface area (Å²) in [7, 11) is 0. The van der Waals surface area contributed by atoms with Crippen LogP contribution in [0.4, 0.5) is 5.95 Å². The Morgan fingerprint density at radius 2 is 2.10 bits per heavy atom. The van der Waals surface area contributed by atoms with E-state index in [0.29, 0.717) is 6.61 Å². The zero-order chi connectivity index (χ0) is 22.0. The molecule has 1 aromatic heterocycles. The molecule has 0 radical (unpaired) electrons. The molecular weight excluding hydrogens is 396 g/mol. The van der Waals surface area contributed by atoms with Crippen molar-refractivity contribution in [2.75, 3.05) is 37.8 Å². The standard InChI is InChI=1S/C23H36N4O4/c1-15-11-27(12-16(2)31-15)22-24-10-18-19(8-23(3,4)9-20(18)26-22)25-21(28)14-29-13-17-6-5-7-30-17/h10,15-17,19H,5-9,11-14H2,1-4H3,(H,25,28)/t15-,16+,17-,19+/m1/s1. The summed E-state index contributed by atoms with van der Waals surface area (Å²) in [4.78, 5) is 24.4. The lowest BCUT2D eigenvalue weighted by atomic mass is 9.74. The molecule has 2 fully saturated rings. The van der Waals surface area contributed by atoms with Crippen LogP contribution in [0.3, 0.4) is 0 Å². The molecule has 1 amide bonds. The lowest BCUT2D eigenvalue weighted by molar-refractivity contribution is -0.127. The summed E-state index contributed by atoms with van der Waals surface area (Å²) in [6.45, 7) is 11.5. The van der Waals surface area contributed by atoms with Gasteiger partial charge in [0.25, 0.3) is 0 Å². The molecule has 0 spiro atoms. The second-order valence-electron chi connectivity index (χ2n) is 10.0.